The van der Waals surface area contributed by atoms with Gasteiger partial charge in [-0.1, -0.05) is 78.9 Å². The predicted octanol–water partition coefficient (Wildman–Crippen LogP) is 3.63. The Kier molecular flexibility index (Phi) is 20.9. The molecular formula is C51H70N8O5. The molecule has 5 aromatic carbocycles. The van der Waals surface area contributed by atoms with Crippen LogP contribution < -0.4 is 43.4 Å². The number of phenols is 4. The molecule has 6 atom stereocenters. The monoisotopic (exact) mass is 875 g/mol. The summed E-state index contributed by atoms with van der Waals surface area (Å²) in [5.41, 5.74) is 17.2. The summed E-state index contributed by atoms with van der Waals surface area (Å²) in [6.45, 7) is 6.42. The summed E-state index contributed by atoms with van der Waals surface area (Å²) in [4.78, 5) is 11.5. The van der Waals surface area contributed by atoms with Crippen molar-refractivity contribution in [2.45, 2.75) is 81.7 Å². The van der Waals surface area contributed by atoms with Crippen molar-refractivity contribution in [1.29, 1.82) is 0 Å². The Morgan fingerprint density at radius 1 is 0.438 bits per heavy atom. The minimum atomic E-state index is -0.352. The van der Waals surface area contributed by atoms with Crippen molar-refractivity contribution in [3.05, 3.63) is 155 Å². The average molecular weight is 875 g/mol. The summed E-state index contributed by atoms with van der Waals surface area (Å²) < 4.78 is 0. The van der Waals surface area contributed by atoms with Crippen molar-refractivity contribution in [2.75, 3.05) is 45.8 Å². The number of nitrogens with one attached hydrogen (secondary N) is 6. The smallest absolute Gasteiger partial charge is 0.218 e. The second-order valence-electron chi connectivity index (χ2n) is 17.1. The van der Waals surface area contributed by atoms with Crippen LogP contribution in [0.2, 0.25) is 0 Å². The predicted molar refractivity (Wildman–Crippen MR) is 257 cm³/mol. The van der Waals surface area contributed by atoms with Gasteiger partial charge in [-0.3, -0.25) is 4.79 Å². The number of hydrogen-bond acceptors (Lipinski definition) is 12. The highest BCUT2D eigenvalue weighted by atomic mass is 16.3. The Morgan fingerprint density at radius 3 is 1.02 bits per heavy atom. The summed E-state index contributed by atoms with van der Waals surface area (Å²) in [6.07, 6.45) is 3.96. The van der Waals surface area contributed by atoms with E-state index in [9.17, 15) is 25.2 Å². The molecule has 5 rings (SSSR count). The fourth-order valence-corrected chi connectivity index (χ4v) is 7.72. The molecule has 0 bridgehead atoms. The van der Waals surface area contributed by atoms with E-state index in [0.29, 0.717) is 58.7 Å². The summed E-state index contributed by atoms with van der Waals surface area (Å²) in [6, 6.07) is 40.1. The minimum Gasteiger partial charge on any atom is -0.508 e. The van der Waals surface area contributed by atoms with E-state index in [-0.39, 0.29) is 71.6 Å². The number of rotatable bonds is 30. The van der Waals surface area contributed by atoms with E-state index >= 15 is 0 Å². The highest BCUT2D eigenvalue weighted by Crippen LogP contribution is 2.16. The number of aromatic hydroxyl groups is 4. The fraction of sp³-hybridized carbons (Fsp3) is 0.392. The van der Waals surface area contributed by atoms with E-state index < -0.39 is 0 Å². The van der Waals surface area contributed by atoms with Gasteiger partial charge in [0.05, 0.1) is 0 Å². The molecule has 13 nitrogen and oxygen atoms in total. The number of carbonyl (C=O) groups is 1. The number of amides is 1. The van der Waals surface area contributed by atoms with Crippen LogP contribution in [0.5, 0.6) is 23.0 Å². The molecule has 0 unspecified atom stereocenters. The summed E-state index contributed by atoms with van der Waals surface area (Å²) in [5, 5.41) is 62.5. The Balaban J connectivity index is 1.33. The summed E-state index contributed by atoms with van der Waals surface area (Å²) in [7, 11) is 0. The van der Waals surface area contributed by atoms with Crippen molar-refractivity contribution in [3.63, 3.8) is 0 Å². The van der Waals surface area contributed by atoms with Crippen molar-refractivity contribution in [1.82, 2.24) is 31.9 Å². The maximum Gasteiger partial charge on any atom is 0.218 e. The zero-order chi connectivity index (χ0) is 45.5. The number of hydrogen-bond donors (Lipinski definition) is 12. The van der Waals surface area contributed by atoms with E-state index in [1.807, 2.05) is 61.5 Å². The van der Waals surface area contributed by atoms with Crippen LogP contribution in [0.3, 0.4) is 0 Å². The first kappa shape index (κ1) is 49.5. The average Bonchev–Trinajstić information content (AvgIpc) is 3.28. The van der Waals surface area contributed by atoms with Gasteiger partial charge in [0.25, 0.3) is 0 Å². The van der Waals surface area contributed by atoms with Crippen molar-refractivity contribution in [3.8, 4) is 23.0 Å². The molecular weight excluding hydrogens is 805 g/mol. The van der Waals surface area contributed by atoms with Gasteiger partial charge in [-0.15, -0.1) is 0 Å². The molecule has 344 valence electrons. The molecule has 0 radical (unpaired) electrons. The lowest BCUT2D eigenvalue weighted by atomic mass is 10.0. The first-order valence-electron chi connectivity index (χ1n) is 22.5. The van der Waals surface area contributed by atoms with Gasteiger partial charge >= 0.3 is 0 Å². The lowest BCUT2D eigenvalue weighted by Crippen LogP contribution is -2.53. The molecule has 1 amide bonds. The summed E-state index contributed by atoms with van der Waals surface area (Å²) >= 11 is 0. The van der Waals surface area contributed by atoms with Gasteiger partial charge in [-0.25, -0.2) is 0 Å². The van der Waals surface area contributed by atoms with Crippen LogP contribution in [-0.2, 0) is 36.9 Å². The normalized spacial score (nSPS) is 14.3. The van der Waals surface area contributed by atoms with Crippen LogP contribution in [-0.4, -0.2) is 108 Å². The van der Waals surface area contributed by atoms with Crippen LogP contribution in [0.4, 0.5) is 0 Å². The number of benzene rings is 5. The van der Waals surface area contributed by atoms with Crippen LogP contribution in [0, 0.1) is 0 Å². The minimum absolute atomic E-state index is 0.000390. The summed E-state index contributed by atoms with van der Waals surface area (Å²) in [5.74, 6) is 0.554. The number of carbonyl (C=O) groups excluding carboxylic acids is 1. The molecule has 0 aliphatic heterocycles. The molecule has 64 heavy (non-hydrogen) atoms. The second-order valence-corrected chi connectivity index (χ2v) is 17.1. The largest absolute Gasteiger partial charge is 0.508 e. The van der Waals surface area contributed by atoms with Gasteiger partial charge in [0, 0.05) is 88.5 Å². The molecule has 14 N–H and O–H groups in total. The third-order valence-corrected chi connectivity index (χ3v) is 11.3. The zero-order valence-electron chi connectivity index (χ0n) is 37.1. The maximum absolute atomic E-state index is 11.5. The third kappa shape index (κ3) is 19.5. The topological polar surface area (TPSA) is 222 Å². The second kappa shape index (κ2) is 27.0. The molecule has 0 aliphatic rings. The van der Waals surface area contributed by atoms with Crippen molar-refractivity contribution >= 4 is 5.91 Å². The maximum atomic E-state index is 11.5. The molecule has 0 spiro atoms. The molecule has 0 saturated heterocycles. The molecule has 0 saturated carbocycles. The van der Waals surface area contributed by atoms with Gasteiger partial charge in [0.15, 0.2) is 0 Å². The van der Waals surface area contributed by atoms with Crippen LogP contribution in [0.15, 0.2) is 127 Å². The third-order valence-electron chi connectivity index (χ3n) is 11.3. The van der Waals surface area contributed by atoms with Crippen LogP contribution >= 0.6 is 0 Å². The molecule has 0 fully saturated rings. The van der Waals surface area contributed by atoms with E-state index in [0.717, 1.165) is 41.5 Å². The van der Waals surface area contributed by atoms with E-state index in [1.54, 1.807) is 48.5 Å². The lowest BCUT2D eigenvalue weighted by Gasteiger charge is -2.29. The standard InChI is InChI=1S/C51H70N8O5/c1-36(52)30-55-43(27-39-9-17-48(61)18-10-39)32-57-44(25-37-5-3-2-4-6-37)34-58-46(29-41-13-21-50(63)22-14-41)35-59-45(28-40-11-19-49(62)20-12-40)33-56-42(31-54-24-23-51(53)64)26-38-7-15-47(60)16-8-38/h2-22,36,42-46,54-63H,23-35,52H2,1H3,(H2,53,64)/t36-,42-,43-,44-,45-,46-/m0/s1. The van der Waals surface area contributed by atoms with Crippen molar-refractivity contribution in [2.24, 2.45) is 11.5 Å². The van der Waals surface area contributed by atoms with Gasteiger partial charge < -0.3 is 63.8 Å². The quantitative estimate of drug-likeness (QED) is 0.0298. The first-order valence-corrected chi connectivity index (χ1v) is 22.5. The Hall–Kier alpha value is -5.51. The fourth-order valence-electron chi connectivity index (χ4n) is 7.72. The van der Waals surface area contributed by atoms with Gasteiger partial charge in [0.2, 0.25) is 5.91 Å². The SMILES string of the molecule is C[C@H](N)CN[C@H](CN[C@H](CN[C@H](CN[C@H](CN[C@H](CNCCC(N)=O)Cc1ccc(O)cc1)Cc1ccc(O)cc1)Cc1ccc(O)cc1)Cc1ccccc1)Cc1ccc(O)cc1. The van der Waals surface area contributed by atoms with Crippen LogP contribution in [0.25, 0.3) is 0 Å². The number of primary amides is 1. The van der Waals surface area contributed by atoms with E-state index in [1.165, 1.54) is 5.56 Å². The zero-order valence-corrected chi connectivity index (χ0v) is 37.1. The molecule has 0 heterocycles. The Morgan fingerprint density at radius 2 is 0.719 bits per heavy atom. The van der Waals surface area contributed by atoms with Gasteiger partial charge in [0.1, 0.15) is 23.0 Å². The first-order chi connectivity index (χ1) is 30.9. The van der Waals surface area contributed by atoms with E-state index in [2.05, 4.69) is 56.2 Å². The Labute approximate surface area is 379 Å². The molecule has 0 aliphatic carbocycles. The Bertz CT molecular complexity index is 2040. The van der Waals surface area contributed by atoms with E-state index in [4.69, 9.17) is 11.5 Å². The number of nitrogens with two attached hydrogens (primary N) is 2. The molecule has 13 heteroatoms. The van der Waals surface area contributed by atoms with Gasteiger partial charge in [-0.2, -0.15) is 0 Å². The molecule has 0 aromatic heterocycles. The van der Waals surface area contributed by atoms with Crippen molar-refractivity contribution < 1.29 is 25.2 Å². The number of phenolic OH excluding ortho intramolecular Hbond substituents is 4. The van der Waals surface area contributed by atoms with Crippen LogP contribution in [0.1, 0.15) is 41.2 Å². The molecule has 5 aromatic rings. The van der Waals surface area contributed by atoms with Gasteiger partial charge in [-0.05, 0) is 115 Å². The highest BCUT2D eigenvalue weighted by Gasteiger charge is 2.20. The lowest BCUT2D eigenvalue weighted by molar-refractivity contribution is -0.117. The highest BCUT2D eigenvalue weighted by molar-refractivity contribution is 5.73.